The van der Waals surface area contributed by atoms with Gasteiger partial charge in [0.2, 0.25) is 0 Å². The van der Waals surface area contributed by atoms with E-state index in [0.29, 0.717) is 16.7 Å². The molecule has 2 atom stereocenters. The molecule has 0 amide bonds. The number of nitrogens with two attached hydrogens (primary N) is 1. The Bertz CT molecular complexity index is 401. The third-order valence-corrected chi connectivity index (χ3v) is 5.41. The highest BCUT2D eigenvalue weighted by atomic mass is 35.5. The lowest BCUT2D eigenvalue weighted by atomic mass is 9.85. The molecule has 1 saturated carbocycles. The number of rotatable bonds is 4. The molecule has 2 N–H and O–H groups in total. The van der Waals surface area contributed by atoms with E-state index in [1.807, 2.05) is 12.1 Å². The minimum Gasteiger partial charge on any atom is -0.327 e. The SMILES string of the molecule is NC(CS(=O)c1ccc(Cl)cc1)C1CCCCC1. The molecule has 0 spiro atoms. The summed E-state index contributed by atoms with van der Waals surface area (Å²) in [5.41, 5.74) is 6.20. The molecule has 1 aromatic carbocycles. The molecule has 1 aliphatic carbocycles. The smallest absolute Gasteiger partial charge is 0.0545 e. The van der Waals surface area contributed by atoms with Gasteiger partial charge in [0.25, 0.3) is 0 Å². The number of benzene rings is 1. The standard InChI is InChI=1S/C14H20ClNOS/c15-12-6-8-13(9-7-12)18(17)10-14(16)11-4-2-1-3-5-11/h6-9,11,14H,1-5,10,16H2. The Hall–Kier alpha value is -0.380. The third kappa shape index (κ3) is 3.81. The fraction of sp³-hybridized carbons (Fsp3) is 0.571. The first kappa shape index (κ1) is 14.0. The third-order valence-electron chi connectivity index (χ3n) is 3.68. The van der Waals surface area contributed by atoms with Crippen molar-refractivity contribution in [1.82, 2.24) is 0 Å². The Morgan fingerprint density at radius 3 is 2.44 bits per heavy atom. The van der Waals surface area contributed by atoms with Crippen molar-refractivity contribution in [2.24, 2.45) is 11.7 Å². The van der Waals surface area contributed by atoms with Crippen LogP contribution in [0.4, 0.5) is 0 Å². The quantitative estimate of drug-likeness (QED) is 0.922. The lowest BCUT2D eigenvalue weighted by Gasteiger charge is -2.27. The minimum absolute atomic E-state index is 0.0572. The van der Waals surface area contributed by atoms with E-state index < -0.39 is 10.8 Å². The van der Waals surface area contributed by atoms with Crippen LogP contribution in [0.2, 0.25) is 5.02 Å². The molecule has 2 rings (SSSR count). The predicted molar refractivity (Wildman–Crippen MR) is 77.3 cm³/mol. The fourth-order valence-corrected chi connectivity index (χ4v) is 3.94. The number of hydrogen-bond acceptors (Lipinski definition) is 2. The summed E-state index contributed by atoms with van der Waals surface area (Å²) in [6.07, 6.45) is 6.25. The molecule has 0 saturated heterocycles. The summed E-state index contributed by atoms with van der Waals surface area (Å²) in [6.45, 7) is 0. The van der Waals surface area contributed by atoms with E-state index in [0.717, 1.165) is 4.90 Å². The fourth-order valence-electron chi connectivity index (χ4n) is 2.56. The average Bonchev–Trinajstić information content (AvgIpc) is 2.40. The number of hydrogen-bond donors (Lipinski definition) is 1. The van der Waals surface area contributed by atoms with Crippen LogP contribution in [-0.4, -0.2) is 16.0 Å². The molecule has 0 aliphatic heterocycles. The van der Waals surface area contributed by atoms with Gasteiger partial charge >= 0.3 is 0 Å². The van der Waals surface area contributed by atoms with Crippen LogP contribution in [0.1, 0.15) is 32.1 Å². The maximum absolute atomic E-state index is 12.2. The van der Waals surface area contributed by atoms with Crippen LogP contribution in [0, 0.1) is 5.92 Å². The van der Waals surface area contributed by atoms with Gasteiger partial charge in [-0.2, -0.15) is 0 Å². The van der Waals surface area contributed by atoms with E-state index in [1.54, 1.807) is 12.1 Å². The van der Waals surface area contributed by atoms with E-state index in [4.69, 9.17) is 17.3 Å². The lowest BCUT2D eigenvalue weighted by molar-refractivity contribution is 0.318. The molecule has 1 aromatic rings. The average molecular weight is 286 g/mol. The molecule has 18 heavy (non-hydrogen) atoms. The first-order valence-electron chi connectivity index (χ1n) is 6.56. The first-order chi connectivity index (χ1) is 8.66. The van der Waals surface area contributed by atoms with Gasteiger partial charge in [-0.1, -0.05) is 30.9 Å². The topological polar surface area (TPSA) is 43.1 Å². The van der Waals surface area contributed by atoms with E-state index in [1.165, 1.54) is 32.1 Å². The second-order valence-electron chi connectivity index (χ2n) is 5.03. The molecular weight excluding hydrogens is 266 g/mol. The first-order valence-corrected chi connectivity index (χ1v) is 8.26. The molecule has 0 bridgehead atoms. The summed E-state index contributed by atoms with van der Waals surface area (Å²) in [7, 11) is -1.01. The van der Waals surface area contributed by atoms with Gasteiger partial charge in [0.1, 0.15) is 0 Å². The van der Waals surface area contributed by atoms with Crippen LogP contribution < -0.4 is 5.73 Å². The molecule has 0 heterocycles. The summed E-state index contributed by atoms with van der Waals surface area (Å²) in [5.74, 6) is 1.11. The monoisotopic (exact) mass is 285 g/mol. The van der Waals surface area contributed by atoms with Crippen molar-refractivity contribution in [2.75, 3.05) is 5.75 Å². The highest BCUT2D eigenvalue weighted by Gasteiger charge is 2.22. The van der Waals surface area contributed by atoms with Crippen LogP contribution in [0.5, 0.6) is 0 Å². The normalized spacial score (nSPS) is 20.6. The van der Waals surface area contributed by atoms with Gasteiger partial charge in [0.15, 0.2) is 0 Å². The zero-order chi connectivity index (χ0) is 13.0. The van der Waals surface area contributed by atoms with Crippen molar-refractivity contribution < 1.29 is 4.21 Å². The van der Waals surface area contributed by atoms with Crippen LogP contribution in [0.25, 0.3) is 0 Å². The molecular formula is C14H20ClNOS. The molecule has 2 nitrogen and oxygen atoms in total. The molecule has 1 aliphatic rings. The van der Waals surface area contributed by atoms with Gasteiger partial charge in [-0.05, 0) is 43.0 Å². The Balaban J connectivity index is 1.91. The van der Waals surface area contributed by atoms with Gasteiger partial charge < -0.3 is 5.73 Å². The van der Waals surface area contributed by atoms with Crippen LogP contribution in [0.3, 0.4) is 0 Å². The minimum atomic E-state index is -1.01. The van der Waals surface area contributed by atoms with E-state index >= 15 is 0 Å². The van der Waals surface area contributed by atoms with Crippen molar-refractivity contribution in [3.63, 3.8) is 0 Å². The van der Waals surface area contributed by atoms with Gasteiger partial charge in [-0.15, -0.1) is 0 Å². The van der Waals surface area contributed by atoms with Crippen molar-refractivity contribution in [2.45, 2.75) is 43.0 Å². The Kier molecular flexibility index (Phi) is 5.22. The van der Waals surface area contributed by atoms with Gasteiger partial charge in [-0.25, -0.2) is 0 Å². The summed E-state index contributed by atoms with van der Waals surface area (Å²) in [4.78, 5) is 0.825. The van der Waals surface area contributed by atoms with Crippen LogP contribution >= 0.6 is 11.6 Å². The Morgan fingerprint density at radius 1 is 1.22 bits per heavy atom. The van der Waals surface area contributed by atoms with Crippen molar-refractivity contribution >= 4 is 22.4 Å². The van der Waals surface area contributed by atoms with E-state index in [9.17, 15) is 4.21 Å². The van der Waals surface area contributed by atoms with Gasteiger partial charge in [0, 0.05) is 21.7 Å². The van der Waals surface area contributed by atoms with Crippen molar-refractivity contribution in [3.8, 4) is 0 Å². The molecule has 2 unspecified atom stereocenters. The second-order valence-corrected chi connectivity index (χ2v) is 6.96. The maximum atomic E-state index is 12.2. The largest absolute Gasteiger partial charge is 0.327 e. The predicted octanol–water partition coefficient (Wildman–Crippen LogP) is 3.36. The van der Waals surface area contributed by atoms with Crippen molar-refractivity contribution in [3.05, 3.63) is 29.3 Å². The maximum Gasteiger partial charge on any atom is 0.0545 e. The van der Waals surface area contributed by atoms with E-state index in [-0.39, 0.29) is 6.04 Å². The van der Waals surface area contributed by atoms with Gasteiger partial charge in [-0.3, -0.25) is 4.21 Å². The zero-order valence-electron chi connectivity index (χ0n) is 10.5. The lowest BCUT2D eigenvalue weighted by Crippen LogP contribution is -2.36. The Labute approximate surface area is 116 Å². The zero-order valence-corrected chi connectivity index (χ0v) is 12.1. The van der Waals surface area contributed by atoms with Gasteiger partial charge in [0.05, 0.1) is 10.8 Å². The van der Waals surface area contributed by atoms with Crippen LogP contribution in [0.15, 0.2) is 29.2 Å². The molecule has 4 heteroatoms. The van der Waals surface area contributed by atoms with E-state index in [2.05, 4.69) is 0 Å². The summed E-state index contributed by atoms with van der Waals surface area (Å²) in [6, 6.07) is 7.27. The summed E-state index contributed by atoms with van der Waals surface area (Å²) < 4.78 is 12.2. The highest BCUT2D eigenvalue weighted by Crippen LogP contribution is 2.26. The summed E-state index contributed by atoms with van der Waals surface area (Å²) >= 11 is 5.82. The second kappa shape index (κ2) is 6.69. The summed E-state index contributed by atoms with van der Waals surface area (Å²) in [5, 5.41) is 0.673. The number of halogens is 1. The highest BCUT2D eigenvalue weighted by molar-refractivity contribution is 7.85. The van der Waals surface area contributed by atoms with Crippen molar-refractivity contribution in [1.29, 1.82) is 0 Å². The molecule has 0 radical (unpaired) electrons. The Morgan fingerprint density at radius 2 is 1.83 bits per heavy atom. The molecule has 100 valence electrons. The van der Waals surface area contributed by atoms with Crippen LogP contribution in [-0.2, 0) is 10.8 Å². The molecule has 0 aromatic heterocycles. The molecule has 1 fully saturated rings.